The molecule has 6 nitrogen and oxygen atoms in total. The van der Waals surface area contributed by atoms with Crippen molar-refractivity contribution in [1.82, 2.24) is 0 Å². The molecule has 1 heterocycles. The standard InChI is InChI=1S/C6H12N2.CH4O4S/c1-6(2)3-5(7)8-4-6;1-5-6(2,3)4/h3-4H2,1-2H3,(H2,7,8);1H3,(H,2,3,4). The lowest BCUT2D eigenvalue weighted by Gasteiger charge is -2.12. The van der Waals surface area contributed by atoms with Crippen LogP contribution in [0.1, 0.15) is 20.3 Å². The molecule has 3 N–H and O–H groups in total. The molecule has 1 aliphatic rings. The van der Waals surface area contributed by atoms with E-state index in [0.717, 1.165) is 25.9 Å². The lowest BCUT2D eigenvalue weighted by molar-refractivity contribution is 0.324. The summed E-state index contributed by atoms with van der Waals surface area (Å²) in [6.07, 6.45) is 0.965. The summed E-state index contributed by atoms with van der Waals surface area (Å²) < 4.78 is 29.7. The van der Waals surface area contributed by atoms with Gasteiger partial charge in [-0.05, 0) is 5.41 Å². The first-order chi connectivity index (χ1) is 6.16. The van der Waals surface area contributed by atoms with Gasteiger partial charge in [0.1, 0.15) is 0 Å². The molecule has 1 aliphatic heterocycles. The second kappa shape index (κ2) is 4.72. The normalized spacial score (nSPS) is 19.6. The number of hydrogen-bond acceptors (Lipinski definition) is 5. The Hall–Kier alpha value is -0.660. The molecular formula is C7H16N2O4S. The van der Waals surface area contributed by atoms with Gasteiger partial charge < -0.3 is 5.73 Å². The van der Waals surface area contributed by atoms with E-state index < -0.39 is 10.4 Å². The second-order valence-corrected chi connectivity index (χ2v) is 4.93. The fraction of sp³-hybridized carbons (Fsp3) is 0.857. The van der Waals surface area contributed by atoms with Gasteiger partial charge >= 0.3 is 10.4 Å². The Morgan fingerprint density at radius 1 is 1.57 bits per heavy atom. The number of nitrogens with zero attached hydrogens (tertiary/aromatic N) is 1. The largest absolute Gasteiger partial charge is 0.397 e. The highest BCUT2D eigenvalue weighted by Crippen LogP contribution is 2.24. The number of rotatable bonds is 1. The minimum Gasteiger partial charge on any atom is -0.387 e. The van der Waals surface area contributed by atoms with E-state index in [9.17, 15) is 8.42 Å². The summed E-state index contributed by atoms with van der Waals surface area (Å²) in [7, 11) is -3.29. The molecule has 0 saturated carbocycles. The third-order valence-corrected chi connectivity index (χ3v) is 2.00. The van der Waals surface area contributed by atoms with Crippen molar-refractivity contribution in [2.75, 3.05) is 13.7 Å². The Labute approximate surface area is 84.1 Å². The highest BCUT2D eigenvalue weighted by atomic mass is 32.3. The number of amidine groups is 1. The molecule has 0 saturated heterocycles. The van der Waals surface area contributed by atoms with Gasteiger partial charge in [-0.25, -0.2) is 0 Å². The van der Waals surface area contributed by atoms with Crippen LogP contribution in [0.5, 0.6) is 0 Å². The molecule has 0 aromatic heterocycles. The van der Waals surface area contributed by atoms with Gasteiger partial charge in [-0.15, -0.1) is 0 Å². The maximum absolute atomic E-state index is 9.33. The van der Waals surface area contributed by atoms with Crippen molar-refractivity contribution in [2.24, 2.45) is 16.1 Å². The van der Waals surface area contributed by atoms with Crippen molar-refractivity contribution in [3.05, 3.63) is 0 Å². The van der Waals surface area contributed by atoms with Gasteiger partial charge in [0.2, 0.25) is 0 Å². The SMILES string of the molecule is CC1(C)CN=C(N)C1.COS(=O)(=O)O. The van der Waals surface area contributed by atoms with Crippen LogP contribution in [0.2, 0.25) is 0 Å². The summed E-state index contributed by atoms with van der Waals surface area (Å²) in [5, 5.41) is 0. The zero-order chi connectivity index (χ0) is 11.4. The minimum absolute atomic E-state index is 0.337. The van der Waals surface area contributed by atoms with Crippen molar-refractivity contribution in [1.29, 1.82) is 0 Å². The van der Waals surface area contributed by atoms with Crippen LogP contribution in [0.15, 0.2) is 4.99 Å². The molecule has 0 amide bonds. The van der Waals surface area contributed by atoms with Crippen LogP contribution in [0, 0.1) is 5.41 Å². The van der Waals surface area contributed by atoms with Gasteiger partial charge in [0, 0.05) is 13.0 Å². The molecule has 0 aromatic carbocycles. The van der Waals surface area contributed by atoms with E-state index in [1.54, 1.807) is 0 Å². The molecule has 1 rings (SSSR count). The highest BCUT2D eigenvalue weighted by Gasteiger charge is 2.23. The van der Waals surface area contributed by atoms with E-state index in [2.05, 4.69) is 23.0 Å². The van der Waals surface area contributed by atoms with Crippen molar-refractivity contribution in [3.8, 4) is 0 Å². The number of nitrogens with two attached hydrogens (primary N) is 1. The van der Waals surface area contributed by atoms with Gasteiger partial charge in [-0.2, -0.15) is 8.42 Å². The zero-order valence-electron chi connectivity index (χ0n) is 8.52. The third-order valence-electron chi connectivity index (χ3n) is 1.58. The fourth-order valence-electron chi connectivity index (χ4n) is 0.918. The molecule has 14 heavy (non-hydrogen) atoms. The minimum atomic E-state index is -4.16. The van der Waals surface area contributed by atoms with E-state index >= 15 is 0 Å². The van der Waals surface area contributed by atoms with Gasteiger partial charge in [0.25, 0.3) is 0 Å². The fourth-order valence-corrected chi connectivity index (χ4v) is 0.918. The van der Waals surface area contributed by atoms with Crippen LogP contribution in [0.25, 0.3) is 0 Å². The van der Waals surface area contributed by atoms with E-state index in [4.69, 9.17) is 10.3 Å². The Morgan fingerprint density at radius 2 is 2.00 bits per heavy atom. The van der Waals surface area contributed by atoms with Gasteiger partial charge in [-0.1, -0.05) is 13.8 Å². The monoisotopic (exact) mass is 224 g/mol. The van der Waals surface area contributed by atoms with E-state index in [-0.39, 0.29) is 0 Å². The maximum Gasteiger partial charge on any atom is 0.397 e. The number of hydrogen-bond donors (Lipinski definition) is 2. The predicted octanol–water partition coefficient (Wildman–Crippen LogP) is 0.209. The Bertz CT molecular complexity index is 308. The third kappa shape index (κ3) is 6.81. The summed E-state index contributed by atoms with van der Waals surface area (Å²) in [5.41, 5.74) is 5.80. The molecule has 0 aromatic rings. The Morgan fingerprint density at radius 3 is 2.07 bits per heavy atom. The molecule has 0 fully saturated rings. The summed E-state index contributed by atoms with van der Waals surface area (Å²) in [4.78, 5) is 4.08. The van der Waals surface area contributed by atoms with Gasteiger partial charge in [0.05, 0.1) is 12.9 Å². The average Bonchev–Trinajstić information content (AvgIpc) is 2.29. The summed E-state index contributed by atoms with van der Waals surface area (Å²) in [6.45, 7) is 5.26. The molecule has 0 bridgehead atoms. The van der Waals surface area contributed by atoms with E-state index in [1.807, 2.05) is 0 Å². The topological polar surface area (TPSA) is 102 Å². The lowest BCUT2D eigenvalue weighted by atomic mass is 9.92. The zero-order valence-corrected chi connectivity index (χ0v) is 9.34. The van der Waals surface area contributed by atoms with E-state index in [1.165, 1.54) is 0 Å². The number of aliphatic imine (C=N–C) groups is 1. The Kier molecular flexibility index (Phi) is 4.50. The lowest BCUT2D eigenvalue weighted by Crippen LogP contribution is -2.15. The summed E-state index contributed by atoms with van der Waals surface area (Å²) in [5.74, 6) is 0.815. The van der Waals surface area contributed by atoms with E-state index in [0.29, 0.717) is 5.41 Å². The predicted molar refractivity (Wildman–Crippen MR) is 53.4 cm³/mol. The van der Waals surface area contributed by atoms with Crippen molar-refractivity contribution >= 4 is 16.2 Å². The smallest absolute Gasteiger partial charge is 0.387 e. The van der Waals surface area contributed by atoms with Crippen LogP contribution in [0.3, 0.4) is 0 Å². The maximum atomic E-state index is 9.33. The quantitative estimate of drug-likeness (QED) is 0.620. The second-order valence-electron chi connectivity index (χ2n) is 3.74. The molecule has 84 valence electrons. The summed E-state index contributed by atoms with van der Waals surface area (Å²) in [6, 6.07) is 0. The molecule has 0 unspecified atom stereocenters. The van der Waals surface area contributed by atoms with Crippen molar-refractivity contribution in [3.63, 3.8) is 0 Å². The first kappa shape index (κ1) is 13.3. The first-order valence-corrected chi connectivity index (χ1v) is 5.35. The van der Waals surface area contributed by atoms with Gasteiger partial charge in [-0.3, -0.25) is 13.7 Å². The highest BCUT2D eigenvalue weighted by molar-refractivity contribution is 7.80. The Balaban J connectivity index is 0.000000255. The van der Waals surface area contributed by atoms with Crippen LogP contribution >= 0.6 is 0 Å². The average molecular weight is 224 g/mol. The van der Waals surface area contributed by atoms with Gasteiger partial charge in [0.15, 0.2) is 0 Å². The molecule has 0 radical (unpaired) electrons. The van der Waals surface area contributed by atoms with Crippen LogP contribution in [-0.2, 0) is 14.6 Å². The molecule has 0 atom stereocenters. The van der Waals surface area contributed by atoms with Crippen LogP contribution in [-0.4, -0.2) is 32.5 Å². The molecule has 7 heteroatoms. The van der Waals surface area contributed by atoms with Crippen LogP contribution < -0.4 is 5.73 Å². The molecule has 0 spiro atoms. The first-order valence-electron chi connectivity index (χ1n) is 3.98. The molecule has 0 aliphatic carbocycles. The summed E-state index contributed by atoms with van der Waals surface area (Å²) >= 11 is 0. The van der Waals surface area contributed by atoms with Crippen molar-refractivity contribution < 1.29 is 17.2 Å². The van der Waals surface area contributed by atoms with Crippen LogP contribution in [0.4, 0.5) is 0 Å². The molecular weight excluding hydrogens is 208 g/mol. The van der Waals surface area contributed by atoms with Crippen molar-refractivity contribution in [2.45, 2.75) is 20.3 Å².